The molecule has 0 aromatic heterocycles. The average Bonchev–Trinajstić information content (AvgIpc) is 2.41. The molecule has 4 N–H and O–H groups in total. The number of nitrogens with zero attached hydrogens (tertiary/aromatic N) is 1. The lowest BCUT2D eigenvalue weighted by Crippen LogP contribution is -2.49. The van der Waals surface area contributed by atoms with Crippen molar-refractivity contribution in [2.45, 2.75) is 39.2 Å². The van der Waals surface area contributed by atoms with Gasteiger partial charge < -0.3 is 21.1 Å². The van der Waals surface area contributed by atoms with Gasteiger partial charge in [0.15, 0.2) is 0 Å². The van der Waals surface area contributed by atoms with E-state index in [1.807, 2.05) is 13.8 Å². The van der Waals surface area contributed by atoms with Crippen molar-refractivity contribution in [1.29, 1.82) is 0 Å². The van der Waals surface area contributed by atoms with Crippen molar-refractivity contribution in [3.8, 4) is 0 Å². The van der Waals surface area contributed by atoms with Crippen molar-refractivity contribution in [1.82, 2.24) is 4.90 Å². The van der Waals surface area contributed by atoms with Gasteiger partial charge in [-0.3, -0.25) is 14.4 Å². The molecule has 0 aliphatic rings. The van der Waals surface area contributed by atoms with Crippen LogP contribution in [0.1, 0.15) is 33.1 Å². The molecule has 0 saturated carbocycles. The molecular weight excluding hydrogens is 262 g/mol. The summed E-state index contributed by atoms with van der Waals surface area (Å²) in [4.78, 5) is 35.7. The zero-order chi connectivity index (χ0) is 15.7. The highest BCUT2D eigenvalue weighted by Crippen LogP contribution is 2.11. The van der Waals surface area contributed by atoms with Crippen LogP contribution in [-0.2, 0) is 19.1 Å². The van der Waals surface area contributed by atoms with E-state index in [0.29, 0.717) is 6.54 Å². The summed E-state index contributed by atoms with van der Waals surface area (Å²) < 4.78 is 4.58. The van der Waals surface area contributed by atoms with E-state index in [-0.39, 0.29) is 18.9 Å². The second kappa shape index (κ2) is 9.30. The second-order valence-electron chi connectivity index (χ2n) is 4.75. The van der Waals surface area contributed by atoms with Crippen LogP contribution in [0.5, 0.6) is 0 Å². The number of primary amides is 1. The minimum absolute atomic E-state index is 0.168. The van der Waals surface area contributed by atoms with E-state index in [2.05, 4.69) is 4.74 Å². The maximum Gasteiger partial charge on any atom is 0.325 e. The summed E-state index contributed by atoms with van der Waals surface area (Å²) in [6.45, 7) is 4.27. The minimum Gasteiger partial charge on any atom is -0.468 e. The van der Waals surface area contributed by atoms with Gasteiger partial charge in [-0.15, -0.1) is 0 Å². The van der Waals surface area contributed by atoms with Crippen molar-refractivity contribution < 1.29 is 19.1 Å². The van der Waals surface area contributed by atoms with E-state index in [0.717, 1.165) is 12.8 Å². The fraction of sp³-hybridized carbons (Fsp3) is 0.769. The predicted octanol–water partition coefficient (Wildman–Crippen LogP) is -0.373. The summed E-state index contributed by atoms with van der Waals surface area (Å²) in [5, 5.41) is 0. The Bertz CT molecular complexity index is 343. The molecule has 7 nitrogen and oxygen atoms in total. The van der Waals surface area contributed by atoms with Gasteiger partial charge in [-0.1, -0.05) is 26.7 Å². The Morgan fingerprint density at radius 1 is 1.20 bits per heavy atom. The van der Waals surface area contributed by atoms with Crippen LogP contribution in [0.4, 0.5) is 0 Å². The smallest absolute Gasteiger partial charge is 0.325 e. The number of hydrogen-bond acceptors (Lipinski definition) is 5. The van der Waals surface area contributed by atoms with Gasteiger partial charge in [0.25, 0.3) is 0 Å². The standard InChI is InChI=1S/C13H25N3O4/c1-4-9(5-2)7-16(8-12(18)20-3)13(19)10(14)6-11(15)17/h9-10H,4-8,14H2,1-3H3,(H2,15,17). The van der Waals surface area contributed by atoms with Gasteiger partial charge >= 0.3 is 5.97 Å². The first kappa shape index (κ1) is 18.4. The van der Waals surface area contributed by atoms with Crippen molar-refractivity contribution in [3.05, 3.63) is 0 Å². The number of hydrogen-bond donors (Lipinski definition) is 2. The summed E-state index contributed by atoms with van der Waals surface area (Å²) in [5.74, 6) is -1.35. The number of carbonyl (C=O) groups excluding carboxylic acids is 3. The number of nitrogens with two attached hydrogens (primary N) is 2. The molecule has 0 aliphatic carbocycles. The molecule has 0 heterocycles. The lowest BCUT2D eigenvalue weighted by Gasteiger charge is -2.27. The molecule has 1 atom stereocenters. The van der Waals surface area contributed by atoms with Gasteiger partial charge in [-0.25, -0.2) is 0 Å². The van der Waals surface area contributed by atoms with Crippen LogP contribution in [0.25, 0.3) is 0 Å². The predicted molar refractivity (Wildman–Crippen MR) is 74.5 cm³/mol. The van der Waals surface area contributed by atoms with E-state index in [9.17, 15) is 14.4 Å². The molecule has 116 valence electrons. The summed E-state index contributed by atoms with van der Waals surface area (Å²) in [6, 6.07) is -1.02. The first-order valence-corrected chi connectivity index (χ1v) is 6.75. The molecule has 20 heavy (non-hydrogen) atoms. The summed E-state index contributed by atoms with van der Waals surface area (Å²) >= 11 is 0. The maximum absolute atomic E-state index is 12.2. The van der Waals surface area contributed by atoms with E-state index < -0.39 is 23.8 Å². The number of rotatable bonds is 9. The highest BCUT2D eigenvalue weighted by atomic mass is 16.5. The molecule has 0 fully saturated rings. The molecule has 0 bridgehead atoms. The number of amides is 2. The third kappa shape index (κ3) is 6.51. The molecule has 0 rings (SSSR count). The first-order chi connectivity index (χ1) is 9.35. The van der Waals surface area contributed by atoms with Crippen LogP contribution in [0.15, 0.2) is 0 Å². The van der Waals surface area contributed by atoms with Crippen LogP contribution in [0, 0.1) is 5.92 Å². The van der Waals surface area contributed by atoms with Gasteiger partial charge in [-0.05, 0) is 5.92 Å². The van der Waals surface area contributed by atoms with E-state index in [1.54, 1.807) is 0 Å². The quantitative estimate of drug-likeness (QED) is 0.561. The lowest BCUT2D eigenvalue weighted by molar-refractivity contribution is -0.148. The maximum atomic E-state index is 12.2. The zero-order valence-electron chi connectivity index (χ0n) is 12.4. The molecule has 0 radical (unpaired) electrons. The molecule has 0 aromatic rings. The van der Waals surface area contributed by atoms with Crippen LogP contribution in [0.3, 0.4) is 0 Å². The fourth-order valence-electron chi connectivity index (χ4n) is 1.85. The topological polar surface area (TPSA) is 116 Å². The van der Waals surface area contributed by atoms with Gasteiger partial charge in [0.05, 0.1) is 19.6 Å². The van der Waals surface area contributed by atoms with E-state index in [4.69, 9.17) is 11.5 Å². The molecule has 0 aromatic carbocycles. The Balaban J connectivity index is 4.85. The summed E-state index contributed by atoms with van der Waals surface area (Å²) in [7, 11) is 1.26. The molecule has 0 spiro atoms. The van der Waals surface area contributed by atoms with Gasteiger partial charge in [-0.2, -0.15) is 0 Å². The molecule has 0 saturated heterocycles. The Kier molecular flexibility index (Phi) is 8.54. The van der Waals surface area contributed by atoms with Gasteiger partial charge in [0.2, 0.25) is 11.8 Å². The highest BCUT2D eigenvalue weighted by Gasteiger charge is 2.26. The molecule has 0 aliphatic heterocycles. The third-order valence-electron chi connectivity index (χ3n) is 3.23. The van der Waals surface area contributed by atoms with Crippen molar-refractivity contribution >= 4 is 17.8 Å². The lowest BCUT2D eigenvalue weighted by atomic mass is 10.0. The van der Waals surface area contributed by atoms with Gasteiger partial charge in [0, 0.05) is 6.54 Å². The van der Waals surface area contributed by atoms with Crippen LogP contribution < -0.4 is 11.5 Å². The molecular formula is C13H25N3O4. The van der Waals surface area contributed by atoms with E-state index >= 15 is 0 Å². The largest absolute Gasteiger partial charge is 0.468 e. The highest BCUT2D eigenvalue weighted by molar-refractivity contribution is 5.89. The molecule has 7 heteroatoms. The van der Waals surface area contributed by atoms with Crippen LogP contribution in [-0.4, -0.2) is 48.9 Å². The summed E-state index contributed by atoms with van der Waals surface area (Å²) in [5.41, 5.74) is 10.7. The number of esters is 1. The third-order valence-corrected chi connectivity index (χ3v) is 3.23. The number of methoxy groups -OCH3 is 1. The van der Waals surface area contributed by atoms with Crippen LogP contribution in [0.2, 0.25) is 0 Å². The average molecular weight is 287 g/mol. The van der Waals surface area contributed by atoms with Gasteiger partial charge in [0.1, 0.15) is 6.54 Å². The SMILES string of the molecule is CCC(CC)CN(CC(=O)OC)C(=O)C(N)CC(N)=O. The first-order valence-electron chi connectivity index (χ1n) is 6.75. The Morgan fingerprint density at radius 2 is 1.75 bits per heavy atom. The Hall–Kier alpha value is -1.63. The van der Waals surface area contributed by atoms with E-state index in [1.165, 1.54) is 12.0 Å². The van der Waals surface area contributed by atoms with Crippen molar-refractivity contribution in [3.63, 3.8) is 0 Å². The Morgan fingerprint density at radius 3 is 2.15 bits per heavy atom. The normalized spacial score (nSPS) is 12.1. The van der Waals surface area contributed by atoms with Crippen molar-refractivity contribution in [2.75, 3.05) is 20.2 Å². The van der Waals surface area contributed by atoms with Crippen molar-refractivity contribution in [2.24, 2.45) is 17.4 Å². The number of ether oxygens (including phenoxy) is 1. The monoisotopic (exact) mass is 287 g/mol. The van der Waals surface area contributed by atoms with Crippen LogP contribution >= 0.6 is 0 Å². The molecule has 1 unspecified atom stereocenters. The Labute approximate surface area is 119 Å². The zero-order valence-corrected chi connectivity index (χ0v) is 12.4. The fourth-order valence-corrected chi connectivity index (χ4v) is 1.85. The minimum atomic E-state index is -1.02. The summed E-state index contributed by atoms with van der Waals surface area (Å²) in [6.07, 6.45) is 1.53. The number of carbonyl (C=O) groups is 3. The second-order valence-corrected chi connectivity index (χ2v) is 4.75. The molecule has 2 amide bonds.